The van der Waals surface area contributed by atoms with E-state index in [1.807, 2.05) is 5.38 Å². The van der Waals surface area contributed by atoms with Gasteiger partial charge < -0.3 is 10.6 Å². The summed E-state index contributed by atoms with van der Waals surface area (Å²) in [7, 11) is 3.09. The normalized spacial score (nSPS) is 13.6. The molecule has 0 aliphatic heterocycles. The van der Waals surface area contributed by atoms with E-state index in [-0.39, 0.29) is 24.0 Å². The second kappa shape index (κ2) is 11.1. The number of hydrogen-bond donors (Lipinski definition) is 2. The van der Waals surface area contributed by atoms with Crippen molar-refractivity contribution in [3.8, 4) is 0 Å². The lowest BCUT2D eigenvalue weighted by atomic mass is 10.1. The molecule has 0 aliphatic carbocycles. The highest BCUT2D eigenvalue weighted by molar-refractivity contribution is 14.0. The summed E-state index contributed by atoms with van der Waals surface area (Å²) in [5.41, 5.74) is 1.26. The first-order valence-corrected chi connectivity index (χ1v) is 7.98. The molecule has 0 saturated heterocycles. The van der Waals surface area contributed by atoms with Gasteiger partial charge in [0.2, 0.25) is 0 Å². The molecule has 0 amide bonds. The molecule has 9 heteroatoms. The predicted molar refractivity (Wildman–Crippen MR) is 101 cm³/mol. The molecule has 134 valence electrons. The van der Waals surface area contributed by atoms with Gasteiger partial charge >= 0.3 is 6.18 Å². The Labute approximate surface area is 156 Å². The van der Waals surface area contributed by atoms with Crippen LogP contribution in [-0.4, -0.2) is 57.3 Å². The smallest absolute Gasteiger partial charge is 0.356 e. The minimum Gasteiger partial charge on any atom is -0.356 e. The summed E-state index contributed by atoms with van der Waals surface area (Å²) >= 11 is 1.66. The van der Waals surface area contributed by atoms with Crippen LogP contribution in [0.25, 0.3) is 0 Å². The van der Waals surface area contributed by atoms with Crippen LogP contribution in [0.1, 0.15) is 18.4 Å². The molecule has 0 radical (unpaired) electrons. The Morgan fingerprint density at radius 2 is 2.09 bits per heavy atom. The summed E-state index contributed by atoms with van der Waals surface area (Å²) in [5, 5.41) is 10.3. The van der Waals surface area contributed by atoms with Crippen LogP contribution in [0.3, 0.4) is 0 Å². The van der Waals surface area contributed by atoms with E-state index in [0.717, 1.165) is 6.54 Å². The third kappa shape index (κ3) is 10.0. The average Bonchev–Trinajstić information content (AvgIpc) is 2.94. The molecule has 1 rings (SSSR count). The van der Waals surface area contributed by atoms with Crippen molar-refractivity contribution >= 4 is 41.3 Å². The van der Waals surface area contributed by atoms with Crippen LogP contribution in [-0.2, 0) is 0 Å². The SMILES string of the molecule is CN=C(NCCN(C)CC(F)(F)F)NCC(C)c1ccsc1.I. The Morgan fingerprint density at radius 3 is 2.61 bits per heavy atom. The fourth-order valence-electron chi connectivity index (χ4n) is 1.89. The van der Waals surface area contributed by atoms with Crippen molar-refractivity contribution < 1.29 is 13.2 Å². The number of aliphatic imine (C=N–C) groups is 1. The average molecular weight is 464 g/mol. The largest absolute Gasteiger partial charge is 0.401 e. The van der Waals surface area contributed by atoms with Gasteiger partial charge in [-0.05, 0) is 35.4 Å². The van der Waals surface area contributed by atoms with Gasteiger partial charge in [-0.25, -0.2) is 0 Å². The van der Waals surface area contributed by atoms with Crippen LogP contribution in [0.2, 0.25) is 0 Å². The van der Waals surface area contributed by atoms with Crippen molar-refractivity contribution in [3.05, 3.63) is 22.4 Å². The second-order valence-corrected chi connectivity index (χ2v) is 5.97. The zero-order valence-electron chi connectivity index (χ0n) is 13.5. The molecular formula is C14H24F3IN4S. The van der Waals surface area contributed by atoms with Crippen LogP contribution < -0.4 is 10.6 Å². The van der Waals surface area contributed by atoms with Crippen molar-refractivity contribution in [3.63, 3.8) is 0 Å². The van der Waals surface area contributed by atoms with Gasteiger partial charge in [0, 0.05) is 26.7 Å². The van der Waals surface area contributed by atoms with Crippen LogP contribution >= 0.6 is 35.3 Å². The van der Waals surface area contributed by atoms with Crippen molar-refractivity contribution in [2.24, 2.45) is 4.99 Å². The molecular weight excluding hydrogens is 440 g/mol. The molecule has 0 bridgehead atoms. The first-order valence-electron chi connectivity index (χ1n) is 7.03. The number of hydrogen-bond acceptors (Lipinski definition) is 3. The zero-order valence-corrected chi connectivity index (χ0v) is 16.6. The minimum absolute atomic E-state index is 0. The second-order valence-electron chi connectivity index (χ2n) is 5.19. The molecule has 0 spiro atoms. The zero-order chi connectivity index (χ0) is 16.6. The van der Waals surface area contributed by atoms with E-state index in [1.165, 1.54) is 17.5 Å². The number of halogens is 4. The molecule has 1 heterocycles. The number of guanidine groups is 1. The summed E-state index contributed by atoms with van der Waals surface area (Å²) in [5.74, 6) is 0.945. The van der Waals surface area contributed by atoms with Gasteiger partial charge in [0.05, 0.1) is 6.54 Å². The van der Waals surface area contributed by atoms with Crippen LogP contribution in [0, 0.1) is 0 Å². The van der Waals surface area contributed by atoms with E-state index in [4.69, 9.17) is 0 Å². The summed E-state index contributed by atoms with van der Waals surface area (Å²) in [4.78, 5) is 5.30. The first-order chi connectivity index (χ1) is 10.3. The minimum atomic E-state index is -4.16. The number of thiophene rings is 1. The van der Waals surface area contributed by atoms with Gasteiger partial charge in [-0.1, -0.05) is 6.92 Å². The third-order valence-electron chi connectivity index (χ3n) is 3.15. The number of nitrogens with zero attached hydrogens (tertiary/aromatic N) is 2. The van der Waals surface area contributed by atoms with Gasteiger partial charge in [-0.2, -0.15) is 24.5 Å². The van der Waals surface area contributed by atoms with Gasteiger partial charge in [-0.15, -0.1) is 24.0 Å². The maximum atomic E-state index is 12.2. The van der Waals surface area contributed by atoms with Crippen LogP contribution in [0.4, 0.5) is 13.2 Å². The Kier molecular flexibility index (Phi) is 10.8. The monoisotopic (exact) mass is 464 g/mol. The van der Waals surface area contributed by atoms with Crippen molar-refractivity contribution in [2.75, 3.05) is 40.3 Å². The Morgan fingerprint density at radius 1 is 1.39 bits per heavy atom. The maximum Gasteiger partial charge on any atom is 0.401 e. The van der Waals surface area contributed by atoms with Gasteiger partial charge in [-0.3, -0.25) is 9.89 Å². The fraction of sp³-hybridized carbons (Fsp3) is 0.643. The lowest BCUT2D eigenvalue weighted by Crippen LogP contribution is -2.43. The highest BCUT2D eigenvalue weighted by atomic mass is 127. The molecule has 0 saturated carbocycles. The number of likely N-dealkylation sites (N-methyl/N-ethyl adjacent to an activating group) is 1. The third-order valence-corrected chi connectivity index (χ3v) is 3.85. The van der Waals surface area contributed by atoms with Crippen molar-refractivity contribution in [1.29, 1.82) is 0 Å². The molecule has 1 aromatic heterocycles. The quantitative estimate of drug-likeness (QED) is 0.370. The Hall–Kier alpha value is -0.550. The van der Waals surface area contributed by atoms with E-state index < -0.39 is 12.7 Å². The number of alkyl halides is 3. The highest BCUT2D eigenvalue weighted by Gasteiger charge is 2.28. The Bertz CT molecular complexity index is 451. The van der Waals surface area contributed by atoms with E-state index >= 15 is 0 Å². The fourth-order valence-corrected chi connectivity index (χ4v) is 2.68. The summed E-state index contributed by atoms with van der Waals surface area (Å²) in [6, 6.07) is 2.08. The molecule has 1 aromatic rings. The van der Waals surface area contributed by atoms with Crippen molar-refractivity contribution in [2.45, 2.75) is 19.0 Å². The summed E-state index contributed by atoms with van der Waals surface area (Å²) in [6.07, 6.45) is -4.16. The predicted octanol–water partition coefficient (Wildman–Crippen LogP) is 3.13. The molecule has 0 fully saturated rings. The van der Waals surface area contributed by atoms with Gasteiger partial charge in [0.25, 0.3) is 0 Å². The van der Waals surface area contributed by atoms with Gasteiger partial charge in [0.1, 0.15) is 0 Å². The molecule has 4 nitrogen and oxygen atoms in total. The molecule has 0 aliphatic rings. The van der Waals surface area contributed by atoms with Crippen LogP contribution in [0.5, 0.6) is 0 Å². The molecule has 1 unspecified atom stereocenters. The van der Waals surface area contributed by atoms with Crippen molar-refractivity contribution in [1.82, 2.24) is 15.5 Å². The summed E-state index contributed by atoms with van der Waals surface area (Å²) in [6.45, 7) is 2.61. The lowest BCUT2D eigenvalue weighted by molar-refractivity contribution is -0.142. The first kappa shape index (κ1) is 22.4. The lowest BCUT2D eigenvalue weighted by Gasteiger charge is -2.20. The van der Waals surface area contributed by atoms with Gasteiger partial charge in [0.15, 0.2) is 5.96 Å². The molecule has 2 N–H and O–H groups in total. The highest BCUT2D eigenvalue weighted by Crippen LogP contribution is 2.17. The van der Waals surface area contributed by atoms with Crippen LogP contribution in [0.15, 0.2) is 21.8 Å². The number of rotatable bonds is 7. The molecule has 1 atom stereocenters. The maximum absolute atomic E-state index is 12.2. The topological polar surface area (TPSA) is 39.7 Å². The van der Waals surface area contributed by atoms with E-state index in [2.05, 4.69) is 34.0 Å². The van der Waals surface area contributed by atoms with E-state index in [0.29, 0.717) is 25.0 Å². The van der Waals surface area contributed by atoms with E-state index in [1.54, 1.807) is 18.4 Å². The summed E-state index contributed by atoms with van der Waals surface area (Å²) < 4.78 is 36.6. The van der Waals surface area contributed by atoms with E-state index in [9.17, 15) is 13.2 Å². The standard InChI is InChI=1S/C14H23F3N4S.HI/c1-11(12-4-7-22-9-12)8-20-13(18-2)19-5-6-21(3)10-14(15,16)17;/h4,7,9,11H,5-6,8,10H2,1-3H3,(H2,18,19,20);1H. The Balaban J connectivity index is 0.00000484. The molecule has 23 heavy (non-hydrogen) atoms. The molecule has 0 aromatic carbocycles. The number of nitrogens with one attached hydrogen (secondary N) is 2.